The predicted octanol–water partition coefficient (Wildman–Crippen LogP) is 5.09. The number of ether oxygens (including phenoxy) is 3. The van der Waals surface area contributed by atoms with Crippen molar-refractivity contribution in [1.29, 1.82) is 0 Å². The van der Waals surface area contributed by atoms with Gasteiger partial charge in [0.25, 0.3) is 5.91 Å². The molecule has 2 unspecified atom stereocenters. The number of benzene rings is 1. The first kappa shape index (κ1) is 25.4. The quantitative estimate of drug-likeness (QED) is 0.566. The van der Waals surface area contributed by atoms with Crippen LogP contribution in [0.15, 0.2) is 18.2 Å². The Labute approximate surface area is 215 Å². The third-order valence-corrected chi connectivity index (χ3v) is 8.11. The Morgan fingerprint density at radius 1 is 0.917 bits per heavy atom. The van der Waals surface area contributed by atoms with Crippen LogP contribution in [-0.4, -0.2) is 73.4 Å². The number of nitrogens with zero attached hydrogens (tertiary/aromatic N) is 2. The highest BCUT2D eigenvalue weighted by Gasteiger charge is 2.39. The molecule has 3 saturated heterocycles. The van der Waals surface area contributed by atoms with Gasteiger partial charge >= 0.3 is 6.09 Å². The molecule has 7 heteroatoms. The molecule has 0 N–H and O–H groups in total. The minimum Gasteiger partial charge on any atom is -0.493 e. The molecule has 7 nitrogen and oxygen atoms in total. The van der Waals surface area contributed by atoms with Crippen molar-refractivity contribution in [3.05, 3.63) is 29.3 Å². The monoisotopic (exact) mass is 498 g/mol. The predicted molar refractivity (Wildman–Crippen MR) is 137 cm³/mol. The first-order valence-corrected chi connectivity index (χ1v) is 13.9. The van der Waals surface area contributed by atoms with Crippen molar-refractivity contribution in [2.24, 2.45) is 17.8 Å². The lowest BCUT2D eigenvalue weighted by Gasteiger charge is -2.26. The molecule has 0 bridgehead atoms. The minimum absolute atomic E-state index is 0.109. The van der Waals surface area contributed by atoms with Gasteiger partial charge in [0.2, 0.25) is 0 Å². The van der Waals surface area contributed by atoms with E-state index in [-0.39, 0.29) is 12.0 Å². The summed E-state index contributed by atoms with van der Waals surface area (Å²) < 4.78 is 17.3. The van der Waals surface area contributed by atoms with E-state index in [0.29, 0.717) is 30.3 Å². The van der Waals surface area contributed by atoms with Gasteiger partial charge in [-0.3, -0.25) is 4.79 Å². The van der Waals surface area contributed by atoms with Crippen LogP contribution < -0.4 is 4.74 Å². The van der Waals surface area contributed by atoms with Gasteiger partial charge in [-0.2, -0.15) is 0 Å². The second-order valence-corrected chi connectivity index (χ2v) is 12.2. The Hall–Kier alpha value is -2.28. The van der Waals surface area contributed by atoms with Gasteiger partial charge < -0.3 is 24.0 Å². The summed E-state index contributed by atoms with van der Waals surface area (Å²) in [6.45, 7) is 10.9. The van der Waals surface area contributed by atoms with Gasteiger partial charge in [-0.15, -0.1) is 0 Å². The zero-order chi connectivity index (χ0) is 25.3. The molecular formula is C29H42N2O5. The number of hydrogen-bond acceptors (Lipinski definition) is 5. The van der Waals surface area contributed by atoms with Crippen LogP contribution in [0.2, 0.25) is 0 Å². The van der Waals surface area contributed by atoms with Crippen molar-refractivity contribution in [3.8, 4) is 5.75 Å². The lowest BCUT2D eigenvalue weighted by atomic mass is 9.92. The van der Waals surface area contributed by atoms with Crippen LogP contribution in [0.25, 0.3) is 0 Å². The average Bonchev–Trinajstić information content (AvgIpc) is 3.65. The van der Waals surface area contributed by atoms with Gasteiger partial charge in [-0.05, 0) is 107 Å². The van der Waals surface area contributed by atoms with Gasteiger partial charge in [-0.1, -0.05) is 0 Å². The zero-order valence-corrected chi connectivity index (χ0v) is 22.2. The lowest BCUT2D eigenvalue weighted by molar-refractivity contribution is 0.0279. The largest absolute Gasteiger partial charge is 0.493 e. The SMILES string of the molecule is CC(C)(C)OC(=O)N1CC2CCN(C(=O)c3cc(OCC4CCOCC4)cc(C4CC4)c3)CCC2C1. The van der Waals surface area contributed by atoms with Gasteiger partial charge in [0.05, 0.1) is 6.61 Å². The van der Waals surface area contributed by atoms with E-state index in [2.05, 4.69) is 12.1 Å². The van der Waals surface area contributed by atoms with E-state index in [1.54, 1.807) is 0 Å². The third kappa shape index (κ3) is 6.34. The second-order valence-electron chi connectivity index (χ2n) is 12.2. The topological polar surface area (TPSA) is 68.3 Å². The van der Waals surface area contributed by atoms with E-state index in [1.165, 1.54) is 18.4 Å². The fourth-order valence-corrected chi connectivity index (χ4v) is 5.82. The van der Waals surface area contributed by atoms with Crippen LogP contribution in [0.5, 0.6) is 5.75 Å². The number of likely N-dealkylation sites (tertiary alicyclic amines) is 2. The van der Waals surface area contributed by atoms with E-state index in [0.717, 1.165) is 76.4 Å². The number of hydrogen-bond donors (Lipinski definition) is 0. The molecule has 1 aromatic carbocycles. The molecule has 36 heavy (non-hydrogen) atoms. The van der Waals surface area contributed by atoms with E-state index < -0.39 is 5.60 Å². The Balaban J connectivity index is 1.21. The number of rotatable bonds is 5. The minimum atomic E-state index is -0.479. The molecule has 4 aliphatic rings. The summed E-state index contributed by atoms with van der Waals surface area (Å²) in [7, 11) is 0. The molecular weight excluding hydrogens is 456 g/mol. The molecule has 5 rings (SSSR count). The van der Waals surface area contributed by atoms with Crippen LogP contribution in [0.4, 0.5) is 4.79 Å². The molecule has 0 aromatic heterocycles. The molecule has 1 aliphatic carbocycles. The summed E-state index contributed by atoms with van der Waals surface area (Å²) >= 11 is 0. The van der Waals surface area contributed by atoms with Crippen molar-refractivity contribution in [2.75, 3.05) is 46.0 Å². The second kappa shape index (κ2) is 10.6. The Morgan fingerprint density at radius 2 is 1.58 bits per heavy atom. The van der Waals surface area contributed by atoms with Gasteiger partial charge in [0.1, 0.15) is 11.4 Å². The lowest BCUT2D eigenvalue weighted by Crippen LogP contribution is -2.37. The summed E-state index contributed by atoms with van der Waals surface area (Å²) in [5, 5.41) is 0. The first-order valence-electron chi connectivity index (χ1n) is 13.9. The van der Waals surface area contributed by atoms with Gasteiger partial charge in [-0.25, -0.2) is 4.79 Å². The Bertz CT molecular complexity index is 931. The van der Waals surface area contributed by atoms with E-state index >= 15 is 0 Å². The molecule has 0 radical (unpaired) electrons. The number of amides is 2. The van der Waals surface area contributed by atoms with Crippen LogP contribution >= 0.6 is 0 Å². The molecule has 1 aromatic rings. The van der Waals surface area contributed by atoms with Crippen molar-refractivity contribution >= 4 is 12.0 Å². The van der Waals surface area contributed by atoms with Crippen molar-refractivity contribution in [3.63, 3.8) is 0 Å². The molecule has 1 saturated carbocycles. The van der Waals surface area contributed by atoms with Crippen LogP contribution in [0.3, 0.4) is 0 Å². The maximum atomic E-state index is 13.6. The van der Waals surface area contributed by atoms with Crippen LogP contribution in [0.1, 0.15) is 81.1 Å². The fraction of sp³-hybridized carbons (Fsp3) is 0.724. The number of fused-ring (bicyclic) bond motifs is 1. The van der Waals surface area contributed by atoms with Crippen molar-refractivity contribution in [1.82, 2.24) is 9.80 Å². The number of carbonyl (C=O) groups is 2. The molecule has 3 aliphatic heterocycles. The summed E-state index contributed by atoms with van der Waals surface area (Å²) in [4.78, 5) is 30.0. The molecule has 198 valence electrons. The van der Waals surface area contributed by atoms with Gasteiger partial charge in [0.15, 0.2) is 0 Å². The standard InChI is InChI=1S/C29H42N2O5/c1-29(2,3)36-28(33)31-17-22-6-10-30(11-7-23(22)18-31)27(32)25-14-24(21-4-5-21)15-26(16-25)35-19-20-8-12-34-13-9-20/h14-16,20-23H,4-13,17-19H2,1-3H3. The highest BCUT2D eigenvalue weighted by Crippen LogP contribution is 2.42. The summed E-state index contributed by atoms with van der Waals surface area (Å²) in [5.41, 5.74) is 1.51. The summed E-state index contributed by atoms with van der Waals surface area (Å²) in [6.07, 6.45) is 6.09. The maximum Gasteiger partial charge on any atom is 0.410 e. The van der Waals surface area contributed by atoms with Crippen molar-refractivity contribution in [2.45, 2.75) is 70.8 Å². The highest BCUT2D eigenvalue weighted by atomic mass is 16.6. The third-order valence-electron chi connectivity index (χ3n) is 8.11. The zero-order valence-electron chi connectivity index (χ0n) is 22.2. The van der Waals surface area contributed by atoms with Crippen molar-refractivity contribution < 1.29 is 23.8 Å². The first-order chi connectivity index (χ1) is 17.2. The van der Waals surface area contributed by atoms with E-state index in [4.69, 9.17) is 14.2 Å². The normalized spacial score (nSPS) is 25.3. The molecule has 4 fully saturated rings. The average molecular weight is 499 g/mol. The van der Waals surface area contributed by atoms with Crippen LogP contribution in [-0.2, 0) is 9.47 Å². The van der Waals surface area contributed by atoms with Gasteiger partial charge in [0, 0.05) is 45.0 Å². The van der Waals surface area contributed by atoms with E-state index in [1.807, 2.05) is 36.6 Å². The molecule has 0 spiro atoms. The molecule has 3 heterocycles. The summed E-state index contributed by atoms with van der Waals surface area (Å²) in [5.74, 6) is 2.86. The van der Waals surface area contributed by atoms with Crippen LogP contribution in [0, 0.1) is 17.8 Å². The Morgan fingerprint density at radius 3 is 2.19 bits per heavy atom. The maximum absolute atomic E-state index is 13.6. The smallest absolute Gasteiger partial charge is 0.410 e. The molecule has 2 atom stereocenters. The number of carbonyl (C=O) groups excluding carboxylic acids is 2. The Kier molecular flexibility index (Phi) is 7.47. The summed E-state index contributed by atoms with van der Waals surface area (Å²) in [6, 6.07) is 6.19. The highest BCUT2D eigenvalue weighted by molar-refractivity contribution is 5.95. The fourth-order valence-electron chi connectivity index (χ4n) is 5.82. The molecule has 2 amide bonds. The van der Waals surface area contributed by atoms with E-state index in [9.17, 15) is 9.59 Å².